The summed E-state index contributed by atoms with van der Waals surface area (Å²) in [5.74, 6) is -0.336. The van der Waals surface area contributed by atoms with Crippen molar-refractivity contribution in [3.8, 4) is 0 Å². The molecule has 114 valence electrons. The molecule has 1 aliphatic carbocycles. The van der Waals surface area contributed by atoms with E-state index in [4.69, 9.17) is 9.78 Å². The maximum Gasteiger partial charge on any atom is 0.354 e. The van der Waals surface area contributed by atoms with Crippen LogP contribution in [0.3, 0.4) is 0 Å². The zero-order valence-corrected chi connectivity index (χ0v) is 12.6. The molecule has 4 heteroatoms. The van der Waals surface area contributed by atoms with Crippen LogP contribution in [0.4, 0.5) is 0 Å². The normalized spacial score (nSPS) is 15.3. The highest BCUT2D eigenvalue weighted by Crippen LogP contribution is 2.49. The van der Waals surface area contributed by atoms with Gasteiger partial charge in [0, 0.05) is 6.20 Å². The van der Waals surface area contributed by atoms with Crippen molar-refractivity contribution in [1.29, 1.82) is 0 Å². The van der Waals surface area contributed by atoms with Crippen LogP contribution in [0.5, 0.6) is 0 Å². The van der Waals surface area contributed by atoms with Crippen LogP contribution in [0.2, 0.25) is 0 Å². The van der Waals surface area contributed by atoms with Gasteiger partial charge < -0.3 is 0 Å². The first-order valence-corrected chi connectivity index (χ1v) is 7.58. The Hall–Kier alpha value is -2.20. The molecule has 1 fully saturated rings. The molecule has 0 saturated heterocycles. The van der Waals surface area contributed by atoms with Crippen molar-refractivity contribution in [1.82, 2.24) is 4.98 Å². The summed E-state index contributed by atoms with van der Waals surface area (Å²) in [7, 11) is 0. The van der Waals surface area contributed by atoms with E-state index in [0.717, 1.165) is 36.1 Å². The molecule has 0 aliphatic heterocycles. The van der Waals surface area contributed by atoms with Crippen molar-refractivity contribution < 1.29 is 14.6 Å². The van der Waals surface area contributed by atoms with E-state index in [2.05, 4.69) is 11.9 Å². The second-order valence-electron chi connectivity index (χ2n) is 5.57. The highest BCUT2D eigenvalue weighted by molar-refractivity contribution is 5.86. The van der Waals surface area contributed by atoms with Crippen LogP contribution >= 0.6 is 0 Å². The zero-order chi connectivity index (χ0) is 15.4. The first-order chi connectivity index (χ1) is 10.8. The van der Waals surface area contributed by atoms with Gasteiger partial charge in [0.05, 0.1) is 5.69 Å². The monoisotopic (exact) mass is 297 g/mol. The van der Waals surface area contributed by atoms with Crippen molar-refractivity contribution in [2.75, 3.05) is 0 Å². The lowest BCUT2D eigenvalue weighted by molar-refractivity contribution is -0.282. The minimum atomic E-state index is -0.608. The van der Waals surface area contributed by atoms with E-state index in [9.17, 15) is 4.79 Å². The van der Waals surface area contributed by atoms with Crippen molar-refractivity contribution >= 4 is 5.97 Å². The average molecular weight is 297 g/mol. The molecule has 0 radical (unpaired) electrons. The molecule has 4 nitrogen and oxygen atoms in total. The molecular formula is C18H19NO3. The number of benzene rings is 1. The standard InChI is InChI=1S/C18H19NO3/c1-2-15-9-6-12-19-16(15)18(10-11-18)17(20)22-21-13-14-7-4-3-5-8-14/h3-9,12H,2,10-11,13H2,1H3. The maximum atomic E-state index is 12.4. The average Bonchev–Trinajstić information content (AvgIpc) is 3.37. The third-order valence-corrected chi connectivity index (χ3v) is 4.07. The highest BCUT2D eigenvalue weighted by atomic mass is 17.2. The van der Waals surface area contributed by atoms with Crippen molar-refractivity contribution in [2.24, 2.45) is 0 Å². The Balaban J connectivity index is 1.64. The SMILES string of the molecule is CCc1cccnc1C1(C(=O)OOCc2ccccc2)CC1. The number of aromatic nitrogens is 1. The first-order valence-electron chi connectivity index (χ1n) is 7.58. The van der Waals surface area contributed by atoms with Gasteiger partial charge in [-0.3, -0.25) is 9.87 Å². The Morgan fingerprint density at radius 3 is 2.64 bits per heavy atom. The van der Waals surface area contributed by atoms with Gasteiger partial charge in [-0.2, -0.15) is 4.89 Å². The second kappa shape index (κ2) is 6.28. The lowest BCUT2D eigenvalue weighted by Crippen LogP contribution is -2.25. The highest BCUT2D eigenvalue weighted by Gasteiger charge is 2.55. The summed E-state index contributed by atoms with van der Waals surface area (Å²) in [5, 5.41) is 0. The number of hydrogen-bond acceptors (Lipinski definition) is 4. The van der Waals surface area contributed by atoms with Crippen molar-refractivity contribution in [2.45, 2.75) is 38.2 Å². The van der Waals surface area contributed by atoms with Crippen LogP contribution in [0.1, 0.15) is 36.6 Å². The number of nitrogens with zero attached hydrogens (tertiary/aromatic N) is 1. The topological polar surface area (TPSA) is 48.4 Å². The molecule has 1 heterocycles. The van der Waals surface area contributed by atoms with Gasteiger partial charge in [0.15, 0.2) is 0 Å². The van der Waals surface area contributed by atoms with Crippen LogP contribution < -0.4 is 0 Å². The number of pyridine rings is 1. The van der Waals surface area contributed by atoms with Gasteiger partial charge in [0.1, 0.15) is 12.0 Å². The zero-order valence-electron chi connectivity index (χ0n) is 12.6. The summed E-state index contributed by atoms with van der Waals surface area (Å²) in [6.45, 7) is 2.32. The Morgan fingerprint density at radius 2 is 1.95 bits per heavy atom. The Kier molecular flexibility index (Phi) is 4.20. The molecular weight excluding hydrogens is 278 g/mol. The quantitative estimate of drug-likeness (QED) is 0.606. The third-order valence-electron chi connectivity index (χ3n) is 4.07. The molecule has 0 atom stereocenters. The predicted octanol–water partition coefficient (Wildman–Crippen LogP) is 3.35. The van der Waals surface area contributed by atoms with E-state index >= 15 is 0 Å². The van der Waals surface area contributed by atoms with E-state index in [-0.39, 0.29) is 12.6 Å². The van der Waals surface area contributed by atoms with Crippen LogP contribution in [0.15, 0.2) is 48.7 Å². The minimum absolute atomic E-state index is 0.255. The smallest absolute Gasteiger partial charge is 0.297 e. The number of carbonyl (C=O) groups is 1. The van der Waals surface area contributed by atoms with Gasteiger partial charge in [-0.25, -0.2) is 4.79 Å². The van der Waals surface area contributed by atoms with Crippen LogP contribution in [-0.2, 0) is 33.0 Å². The van der Waals surface area contributed by atoms with Gasteiger partial charge in [-0.1, -0.05) is 43.3 Å². The molecule has 2 aromatic rings. The predicted molar refractivity (Wildman–Crippen MR) is 81.9 cm³/mol. The van der Waals surface area contributed by atoms with Gasteiger partial charge >= 0.3 is 5.97 Å². The van der Waals surface area contributed by atoms with Gasteiger partial charge in [-0.15, -0.1) is 0 Å². The summed E-state index contributed by atoms with van der Waals surface area (Å²) < 4.78 is 0. The minimum Gasteiger partial charge on any atom is -0.297 e. The number of hydrogen-bond donors (Lipinski definition) is 0. The summed E-state index contributed by atoms with van der Waals surface area (Å²) >= 11 is 0. The Bertz CT molecular complexity index is 650. The maximum absolute atomic E-state index is 12.4. The van der Waals surface area contributed by atoms with E-state index in [1.807, 2.05) is 42.5 Å². The molecule has 1 aromatic carbocycles. The lowest BCUT2D eigenvalue weighted by Gasteiger charge is -2.15. The molecule has 3 rings (SSSR count). The fourth-order valence-electron chi connectivity index (χ4n) is 2.62. The Labute approximate surface area is 130 Å². The molecule has 0 N–H and O–H groups in total. The molecule has 22 heavy (non-hydrogen) atoms. The van der Waals surface area contributed by atoms with Crippen molar-refractivity contribution in [3.63, 3.8) is 0 Å². The first kappa shape index (κ1) is 14.7. The molecule has 0 amide bonds. The summed E-state index contributed by atoms with van der Waals surface area (Å²) in [6.07, 6.45) is 4.12. The summed E-state index contributed by atoms with van der Waals surface area (Å²) in [5.41, 5.74) is 2.29. The second-order valence-corrected chi connectivity index (χ2v) is 5.57. The fraction of sp³-hybridized carbons (Fsp3) is 0.333. The van der Waals surface area contributed by atoms with Crippen LogP contribution in [0, 0.1) is 0 Å². The lowest BCUT2D eigenvalue weighted by atomic mass is 9.96. The molecule has 1 aliphatic rings. The van der Waals surface area contributed by atoms with E-state index in [1.54, 1.807) is 6.20 Å². The molecule has 1 saturated carbocycles. The van der Waals surface area contributed by atoms with Gasteiger partial charge in [0.25, 0.3) is 0 Å². The van der Waals surface area contributed by atoms with Crippen molar-refractivity contribution in [3.05, 3.63) is 65.5 Å². The summed E-state index contributed by atoms with van der Waals surface area (Å²) in [4.78, 5) is 27.0. The number of carbonyl (C=O) groups excluding carboxylic acids is 1. The summed E-state index contributed by atoms with van der Waals surface area (Å²) in [6, 6.07) is 13.5. The van der Waals surface area contributed by atoms with E-state index in [0.29, 0.717) is 0 Å². The molecule has 0 unspecified atom stereocenters. The number of aryl methyl sites for hydroxylation is 1. The third kappa shape index (κ3) is 2.88. The van der Waals surface area contributed by atoms with E-state index < -0.39 is 5.41 Å². The van der Waals surface area contributed by atoms with Gasteiger partial charge in [0.2, 0.25) is 0 Å². The largest absolute Gasteiger partial charge is 0.354 e. The Morgan fingerprint density at radius 1 is 1.18 bits per heavy atom. The fourth-order valence-corrected chi connectivity index (χ4v) is 2.62. The van der Waals surface area contributed by atoms with Gasteiger partial charge in [-0.05, 0) is 36.5 Å². The molecule has 0 bridgehead atoms. The van der Waals surface area contributed by atoms with Crippen LogP contribution in [-0.4, -0.2) is 11.0 Å². The van der Waals surface area contributed by atoms with E-state index in [1.165, 1.54) is 0 Å². The molecule has 1 aromatic heterocycles. The van der Waals surface area contributed by atoms with Crippen LogP contribution in [0.25, 0.3) is 0 Å². The molecule has 0 spiro atoms. The number of rotatable bonds is 6.